The highest BCUT2D eigenvalue weighted by Crippen LogP contribution is 2.41. The summed E-state index contributed by atoms with van der Waals surface area (Å²) in [5.74, 6) is 1.42. The summed E-state index contributed by atoms with van der Waals surface area (Å²) in [6.07, 6.45) is 2.99. The van der Waals surface area contributed by atoms with Crippen molar-refractivity contribution in [3.8, 4) is 5.75 Å². The molecule has 0 aliphatic heterocycles. The van der Waals surface area contributed by atoms with Gasteiger partial charge >= 0.3 is 0 Å². The van der Waals surface area contributed by atoms with Gasteiger partial charge in [-0.1, -0.05) is 99.9 Å². The van der Waals surface area contributed by atoms with Crippen molar-refractivity contribution in [2.75, 3.05) is 34.2 Å². The number of aliphatic hydroxyl groups is 1. The second-order valence-electron chi connectivity index (χ2n) is 18.1. The summed E-state index contributed by atoms with van der Waals surface area (Å²) >= 11 is 0. The summed E-state index contributed by atoms with van der Waals surface area (Å²) in [5.41, 5.74) is 2.39. The van der Waals surface area contributed by atoms with E-state index in [9.17, 15) is 5.11 Å². The van der Waals surface area contributed by atoms with Crippen LogP contribution in [0.25, 0.3) is 0 Å². The van der Waals surface area contributed by atoms with E-state index in [0.717, 1.165) is 17.7 Å². The van der Waals surface area contributed by atoms with Crippen LogP contribution < -0.4 is 4.74 Å². The van der Waals surface area contributed by atoms with Gasteiger partial charge in [0.2, 0.25) is 0 Å². The molecule has 1 rings (SSSR count). The number of methoxy groups -OCH3 is 2. The number of rotatable bonds is 22. The molecule has 0 aliphatic rings. The van der Waals surface area contributed by atoms with E-state index in [2.05, 4.69) is 115 Å². The predicted molar refractivity (Wildman–Crippen MR) is 215 cm³/mol. The summed E-state index contributed by atoms with van der Waals surface area (Å²) < 4.78 is 37.6. The summed E-state index contributed by atoms with van der Waals surface area (Å²) in [6.45, 7) is 37.8. The first-order valence-electron chi connectivity index (χ1n) is 18.9. The van der Waals surface area contributed by atoms with Crippen molar-refractivity contribution in [3.63, 3.8) is 0 Å². The summed E-state index contributed by atoms with van der Waals surface area (Å²) in [6, 6.07) is 7.99. The van der Waals surface area contributed by atoms with E-state index >= 15 is 0 Å². The van der Waals surface area contributed by atoms with Crippen LogP contribution in [0.2, 0.25) is 36.3 Å². The van der Waals surface area contributed by atoms with Crippen LogP contribution in [0.15, 0.2) is 35.9 Å². The zero-order valence-corrected chi connectivity index (χ0v) is 37.4. The van der Waals surface area contributed by atoms with Crippen molar-refractivity contribution in [3.05, 3.63) is 41.5 Å². The van der Waals surface area contributed by atoms with Crippen LogP contribution in [0.1, 0.15) is 95.1 Å². The molecule has 1 N–H and O–H groups in total. The van der Waals surface area contributed by atoms with Crippen LogP contribution >= 0.6 is 0 Å². The Morgan fingerprint density at radius 3 is 1.80 bits per heavy atom. The molecule has 0 unspecified atom stereocenters. The van der Waals surface area contributed by atoms with Crippen molar-refractivity contribution in [1.29, 1.82) is 0 Å². The van der Waals surface area contributed by atoms with Gasteiger partial charge in [-0.2, -0.15) is 0 Å². The molecule has 0 heterocycles. The van der Waals surface area contributed by atoms with Crippen LogP contribution in [-0.2, 0) is 29.7 Å². The maximum atomic E-state index is 10.4. The molecule has 0 aromatic heterocycles. The molecule has 7 nitrogen and oxygen atoms in total. The Morgan fingerprint density at radius 2 is 1.32 bits per heavy atom. The van der Waals surface area contributed by atoms with Gasteiger partial charge in [-0.3, -0.25) is 0 Å². The molecule has 0 spiro atoms. The Morgan fingerprint density at radius 1 is 0.760 bits per heavy atom. The van der Waals surface area contributed by atoms with E-state index < -0.39 is 16.6 Å². The topological polar surface area (TPSA) is 75.6 Å². The second kappa shape index (κ2) is 20.4. The Labute approximate surface area is 310 Å². The van der Waals surface area contributed by atoms with Crippen LogP contribution in [-0.4, -0.2) is 74.3 Å². The third kappa shape index (κ3) is 14.4. The fraction of sp³-hybridized carbons (Fsp3) is 0.805. The molecule has 1 aromatic carbocycles. The van der Waals surface area contributed by atoms with Crippen molar-refractivity contribution in [2.24, 2.45) is 29.6 Å². The van der Waals surface area contributed by atoms with E-state index in [-0.39, 0.29) is 71.4 Å². The van der Waals surface area contributed by atoms with Crippen LogP contribution in [0, 0.1) is 29.6 Å². The van der Waals surface area contributed by atoms with Crippen molar-refractivity contribution >= 4 is 16.6 Å². The Hall–Kier alpha value is -1.05. The molecule has 9 heteroatoms. The molecule has 50 heavy (non-hydrogen) atoms. The zero-order chi connectivity index (χ0) is 38.7. The van der Waals surface area contributed by atoms with Gasteiger partial charge in [0.25, 0.3) is 0 Å². The Bertz CT molecular complexity index is 1120. The Balaban J connectivity index is 3.34. The molecule has 0 saturated heterocycles. The average molecular weight is 739 g/mol. The number of ether oxygens (including phenoxy) is 4. The largest absolute Gasteiger partial charge is 0.497 e. The molecule has 0 saturated carbocycles. The molecule has 0 fully saturated rings. The first kappa shape index (κ1) is 47.0. The molecular formula is C41H78O7Si2. The number of allylic oxidation sites excluding steroid dienone is 1. The highest BCUT2D eigenvalue weighted by molar-refractivity contribution is 6.74. The summed E-state index contributed by atoms with van der Waals surface area (Å²) in [4.78, 5) is 0. The quantitative estimate of drug-likeness (QED) is 0.0721. The van der Waals surface area contributed by atoms with E-state index in [1.807, 2.05) is 24.3 Å². The number of benzene rings is 1. The van der Waals surface area contributed by atoms with Crippen molar-refractivity contribution < 1.29 is 32.9 Å². The SMILES string of the molecule is COCO[C@H]([C@@H](C)/C=C(/C)C[C@H](C)[C@@H](O[Si](C)(C)C(C)(C)C)[C@H](C)[C@@H](OCc1ccc(OC)cc1)[C@@H](C)CO)[C@@H](C)CO[Si](C)(C)C(C)(C)C. The molecule has 1 aromatic rings. The molecule has 8 atom stereocenters. The number of hydrogen-bond donors (Lipinski definition) is 1. The summed E-state index contributed by atoms with van der Waals surface area (Å²) in [7, 11) is -0.679. The molecule has 0 amide bonds. The molecule has 292 valence electrons. The van der Waals surface area contributed by atoms with Gasteiger partial charge in [-0.05, 0) is 73.2 Å². The van der Waals surface area contributed by atoms with Gasteiger partial charge < -0.3 is 32.9 Å². The van der Waals surface area contributed by atoms with E-state index in [1.54, 1.807) is 14.2 Å². The average Bonchev–Trinajstić information content (AvgIpc) is 3.01. The molecule has 0 aliphatic carbocycles. The lowest BCUT2D eigenvalue weighted by atomic mass is 9.81. The Kier molecular flexibility index (Phi) is 19.2. The van der Waals surface area contributed by atoms with Crippen LogP contribution in [0.5, 0.6) is 5.75 Å². The minimum atomic E-state index is -2.15. The smallest absolute Gasteiger partial charge is 0.192 e. The van der Waals surface area contributed by atoms with Gasteiger partial charge in [0.1, 0.15) is 12.5 Å². The highest BCUT2D eigenvalue weighted by atomic mass is 28.4. The third-order valence-electron chi connectivity index (χ3n) is 11.4. The summed E-state index contributed by atoms with van der Waals surface area (Å²) in [5, 5.41) is 10.6. The van der Waals surface area contributed by atoms with Crippen LogP contribution in [0.3, 0.4) is 0 Å². The third-order valence-corrected chi connectivity index (χ3v) is 20.4. The highest BCUT2D eigenvalue weighted by Gasteiger charge is 2.44. The van der Waals surface area contributed by atoms with E-state index in [4.69, 9.17) is 27.8 Å². The van der Waals surface area contributed by atoms with Gasteiger partial charge in [0, 0.05) is 44.0 Å². The fourth-order valence-corrected chi connectivity index (χ4v) is 8.76. The first-order chi connectivity index (χ1) is 22.9. The number of hydrogen-bond acceptors (Lipinski definition) is 7. The number of aliphatic hydroxyl groups excluding tert-OH is 1. The monoisotopic (exact) mass is 739 g/mol. The van der Waals surface area contributed by atoms with Gasteiger partial charge in [-0.15, -0.1) is 0 Å². The molecule has 0 bridgehead atoms. The lowest BCUT2D eigenvalue weighted by molar-refractivity contribution is -0.106. The minimum absolute atomic E-state index is 0.0377. The molecular weight excluding hydrogens is 661 g/mol. The van der Waals surface area contributed by atoms with E-state index in [0.29, 0.717) is 13.2 Å². The van der Waals surface area contributed by atoms with E-state index in [1.165, 1.54) is 5.57 Å². The van der Waals surface area contributed by atoms with Gasteiger partial charge in [-0.25, -0.2) is 0 Å². The fourth-order valence-electron chi connectivity index (χ4n) is 6.17. The molecule has 0 radical (unpaired) electrons. The minimum Gasteiger partial charge on any atom is -0.497 e. The first-order valence-corrected chi connectivity index (χ1v) is 24.7. The standard InChI is InChI=1S/C41H78O7Si2/c1-29(23-30(2)37(46-28-43-13)33(5)26-47-49(15,16)40(7,8)9)24-31(3)39(48-50(17,18)41(10,11)12)34(6)38(32(4)25-42)45-27-35-19-21-36(44-14)22-20-35/h19-23,30-34,37-39,42H,24-28H2,1-18H3/b29-23-/t30-,31-,32-,33-,34+,37+,38-,39+/m0/s1. The van der Waals surface area contributed by atoms with Crippen LogP contribution in [0.4, 0.5) is 0 Å². The van der Waals surface area contributed by atoms with Gasteiger partial charge in [0.05, 0.1) is 32.0 Å². The second-order valence-corrected chi connectivity index (χ2v) is 27.7. The maximum Gasteiger partial charge on any atom is 0.192 e. The van der Waals surface area contributed by atoms with Gasteiger partial charge in [0.15, 0.2) is 16.6 Å². The normalized spacial score (nSPS) is 18.6. The zero-order valence-electron chi connectivity index (χ0n) is 35.4. The lowest BCUT2D eigenvalue weighted by Gasteiger charge is -2.45. The van der Waals surface area contributed by atoms with Crippen molar-refractivity contribution in [1.82, 2.24) is 0 Å². The van der Waals surface area contributed by atoms with Crippen molar-refractivity contribution in [2.45, 2.75) is 151 Å². The predicted octanol–water partition coefficient (Wildman–Crippen LogP) is 10.5. The maximum absolute atomic E-state index is 10.4. The lowest BCUT2D eigenvalue weighted by Crippen LogP contribution is -2.50.